The number of carbonyl (C=O) groups excluding carboxylic acids is 2. The second-order valence-corrected chi connectivity index (χ2v) is 10.1. The molecule has 0 saturated heterocycles. The highest BCUT2D eigenvalue weighted by Gasteiger charge is 2.26. The van der Waals surface area contributed by atoms with E-state index in [-0.39, 0.29) is 17.9 Å². The van der Waals surface area contributed by atoms with Crippen LogP contribution in [0.5, 0.6) is 0 Å². The Kier molecular flexibility index (Phi) is 24.3. The maximum absolute atomic E-state index is 12.4. The molecule has 0 heterocycles. The Morgan fingerprint density at radius 2 is 1.03 bits per heavy atom. The van der Waals surface area contributed by atoms with E-state index < -0.39 is 0 Å². The summed E-state index contributed by atoms with van der Waals surface area (Å²) < 4.78 is 10.7. The SMILES string of the molecule is CCCCOC(=O)CCCCCCCCCCCCCCC(CC)C(CC)C(=O)OCCCC. The molecule has 0 radical (unpaired) electrons. The van der Waals surface area contributed by atoms with Crippen LogP contribution < -0.4 is 0 Å². The highest BCUT2D eigenvalue weighted by Crippen LogP contribution is 2.27. The predicted molar refractivity (Wildman–Crippen MR) is 144 cm³/mol. The summed E-state index contributed by atoms with van der Waals surface area (Å²) in [5.74, 6) is 0.578. The molecule has 0 saturated carbocycles. The van der Waals surface area contributed by atoms with Gasteiger partial charge in [-0.1, -0.05) is 118 Å². The summed E-state index contributed by atoms with van der Waals surface area (Å²) in [6, 6.07) is 0. The van der Waals surface area contributed by atoms with E-state index in [0.717, 1.165) is 57.8 Å². The van der Waals surface area contributed by atoms with Crippen molar-refractivity contribution in [1.29, 1.82) is 0 Å². The van der Waals surface area contributed by atoms with Crippen molar-refractivity contribution in [2.75, 3.05) is 13.2 Å². The van der Waals surface area contributed by atoms with Crippen molar-refractivity contribution in [1.82, 2.24) is 0 Å². The van der Waals surface area contributed by atoms with E-state index in [1.165, 1.54) is 64.2 Å². The quantitative estimate of drug-likeness (QED) is 0.0961. The minimum atomic E-state index is -0.0197. The van der Waals surface area contributed by atoms with Gasteiger partial charge in [-0.3, -0.25) is 9.59 Å². The summed E-state index contributed by atoms with van der Waals surface area (Å²) >= 11 is 0. The van der Waals surface area contributed by atoms with E-state index in [1.807, 2.05) is 0 Å². The van der Waals surface area contributed by atoms with Crippen LogP contribution in [0.25, 0.3) is 0 Å². The third-order valence-electron chi connectivity index (χ3n) is 7.04. The molecule has 0 aromatic rings. The fourth-order valence-electron chi connectivity index (χ4n) is 4.65. The molecule has 0 fully saturated rings. The zero-order chi connectivity index (χ0) is 25.3. The van der Waals surface area contributed by atoms with E-state index in [4.69, 9.17) is 9.47 Å². The van der Waals surface area contributed by atoms with Crippen LogP contribution in [0, 0.1) is 11.8 Å². The van der Waals surface area contributed by atoms with Gasteiger partial charge in [0.25, 0.3) is 0 Å². The molecule has 0 amide bonds. The second-order valence-electron chi connectivity index (χ2n) is 10.1. The fraction of sp³-hybridized carbons (Fsp3) is 0.933. The summed E-state index contributed by atoms with van der Waals surface area (Å²) in [5, 5.41) is 0. The Hall–Kier alpha value is -1.06. The molecule has 0 aliphatic heterocycles. The molecule has 0 aromatic carbocycles. The van der Waals surface area contributed by atoms with Crippen molar-refractivity contribution in [3.05, 3.63) is 0 Å². The average molecular weight is 483 g/mol. The number of hydrogen-bond acceptors (Lipinski definition) is 4. The summed E-state index contributed by atoms with van der Waals surface area (Å²) in [6.45, 7) is 9.74. The molecular formula is C30H58O4. The van der Waals surface area contributed by atoms with Gasteiger partial charge in [-0.05, 0) is 38.0 Å². The Balaban J connectivity index is 3.57. The van der Waals surface area contributed by atoms with Gasteiger partial charge in [0.15, 0.2) is 0 Å². The Morgan fingerprint density at radius 3 is 1.50 bits per heavy atom. The van der Waals surface area contributed by atoms with Crippen LogP contribution in [0.1, 0.15) is 156 Å². The number of esters is 2. The lowest BCUT2D eigenvalue weighted by molar-refractivity contribution is -0.151. The normalized spacial score (nSPS) is 12.9. The molecule has 0 bridgehead atoms. The maximum Gasteiger partial charge on any atom is 0.309 e. The van der Waals surface area contributed by atoms with Crippen LogP contribution in [-0.2, 0) is 19.1 Å². The second kappa shape index (κ2) is 25.0. The van der Waals surface area contributed by atoms with Crippen molar-refractivity contribution in [2.45, 2.75) is 156 Å². The summed E-state index contributed by atoms with van der Waals surface area (Å²) in [6.07, 6.45) is 23.0. The number of hydrogen-bond donors (Lipinski definition) is 0. The van der Waals surface area contributed by atoms with E-state index >= 15 is 0 Å². The van der Waals surface area contributed by atoms with Crippen LogP contribution in [0.4, 0.5) is 0 Å². The monoisotopic (exact) mass is 482 g/mol. The number of carbonyl (C=O) groups is 2. The van der Waals surface area contributed by atoms with Gasteiger partial charge in [0.05, 0.1) is 19.1 Å². The molecule has 2 atom stereocenters. The third kappa shape index (κ3) is 19.3. The van der Waals surface area contributed by atoms with Crippen molar-refractivity contribution < 1.29 is 19.1 Å². The number of ether oxygens (including phenoxy) is 2. The molecule has 0 N–H and O–H groups in total. The smallest absolute Gasteiger partial charge is 0.309 e. The van der Waals surface area contributed by atoms with Gasteiger partial charge in [-0.25, -0.2) is 0 Å². The third-order valence-corrected chi connectivity index (χ3v) is 7.04. The zero-order valence-corrected chi connectivity index (χ0v) is 23.3. The standard InChI is InChI=1S/C30H58O4/c1-5-9-25-33-29(31)24-22-20-18-16-14-12-11-13-15-17-19-21-23-27(7-3)28(8-4)30(32)34-26-10-6-2/h27-28H,5-26H2,1-4H3. The molecule has 0 aromatic heterocycles. The van der Waals surface area contributed by atoms with Gasteiger partial charge in [-0.15, -0.1) is 0 Å². The maximum atomic E-state index is 12.4. The zero-order valence-electron chi connectivity index (χ0n) is 23.3. The Labute approximate surface area is 212 Å². The van der Waals surface area contributed by atoms with Crippen LogP contribution in [-0.4, -0.2) is 25.2 Å². The average Bonchev–Trinajstić information content (AvgIpc) is 2.83. The fourth-order valence-corrected chi connectivity index (χ4v) is 4.65. The van der Waals surface area contributed by atoms with Gasteiger partial charge in [0, 0.05) is 6.42 Å². The van der Waals surface area contributed by atoms with E-state index in [1.54, 1.807) is 0 Å². The van der Waals surface area contributed by atoms with E-state index in [2.05, 4.69) is 27.7 Å². The molecule has 0 aliphatic rings. The lowest BCUT2D eigenvalue weighted by atomic mass is 9.84. The van der Waals surface area contributed by atoms with Gasteiger partial charge in [0.1, 0.15) is 0 Å². The van der Waals surface area contributed by atoms with E-state index in [9.17, 15) is 9.59 Å². The predicted octanol–water partition coefficient (Wildman–Crippen LogP) is 9.19. The van der Waals surface area contributed by atoms with E-state index in [0.29, 0.717) is 25.6 Å². The van der Waals surface area contributed by atoms with Gasteiger partial charge in [-0.2, -0.15) is 0 Å². The van der Waals surface area contributed by atoms with Gasteiger partial charge >= 0.3 is 11.9 Å². The minimum absolute atomic E-state index is 0.0197. The molecule has 0 rings (SSSR count). The first kappa shape index (κ1) is 32.9. The van der Waals surface area contributed by atoms with Gasteiger partial charge < -0.3 is 9.47 Å². The highest BCUT2D eigenvalue weighted by atomic mass is 16.5. The minimum Gasteiger partial charge on any atom is -0.466 e. The summed E-state index contributed by atoms with van der Waals surface area (Å²) in [7, 11) is 0. The first-order valence-electron chi connectivity index (χ1n) is 14.9. The van der Waals surface area contributed by atoms with Crippen molar-refractivity contribution >= 4 is 11.9 Å². The Bertz CT molecular complexity index is 463. The molecule has 0 spiro atoms. The van der Waals surface area contributed by atoms with Crippen molar-refractivity contribution in [2.24, 2.45) is 11.8 Å². The molecule has 0 aliphatic carbocycles. The summed E-state index contributed by atoms with van der Waals surface area (Å²) in [4.78, 5) is 24.0. The van der Waals surface area contributed by atoms with Crippen LogP contribution in [0.15, 0.2) is 0 Å². The first-order valence-corrected chi connectivity index (χ1v) is 14.9. The molecule has 4 heteroatoms. The molecule has 34 heavy (non-hydrogen) atoms. The highest BCUT2D eigenvalue weighted by molar-refractivity contribution is 5.72. The number of unbranched alkanes of at least 4 members (excludes halogenated alkanes) is 13. The molecular weight excluding hydrogens is 424 g/mol. The first-order chi connectivity index (χ1) is 16.6. The Morgan fingerprint density at radius 1 is 0.559 bits per heavy atom. The molecule has 4 nitrogen and oxygen atoms in total. The lowest BCUT2D eigenvalue weighted by Gasteiger charge is -2.23. The largest absolute Gasteiger partial charge is 0.466 e. The summed E-state index contributed by atoms with van der Waals surface area (Å²) in [5.41, 5.74) is 0. The number of rotatable bonds is 25. The molecule has 202 valence electrons. The van der Waals surface area contributed by atoms with Crippen molar-refractivity contribution in [3.63, 3.8) is 0 Å². The van der Waals surface area contributed by atoms with Crippen LogP contribution in [0.3, 0.4) is 0 Å². The van der Waals surface area contributed by atoms with Gasteiger partial charge in [0.2, 0.25) is 0 Å². The lowest BCUT2D eigenvalue weighted by Crippen LogP contribution is -2.25. The van der Waals surface area contributed by atoms with Crippen LogP contribution in [0.2, 0.25) is 0 Å². The molecule has 2 unspecified atom stereocenters. The van der Waals surface area contributed by atoms with Crippen molar-refractivity contribution in [3.8, 4) is 0 Å². The van der Waals surface area contributed by atoms with Crippen LogP contribution >= 0.6 is 0 Å². The topological polar surface area (TPSA) is 52.6 Å².